The zero-order valence-electron chi connectivity index (χ0n) is 11.3. The van der Waals surface area contributed by atoms with Crippen LogP contribution < -0.4 is 5.32 Å². The molecule has 0 bridgehead atoms. The Morgan fingerprint density at radius 2 is 1.89 bits per heavy atom. The van der Waals surface area contributed by atoms with Gasteiger partial charge < -0.3 is 10.2 Å². The predicted octanol–water partition coefficient (Wildman–Crippen LogP) is 2.93. The molecule has 1 aromatic carbocycles. The molecule has 1 N–H and O–H groups in total. The number of hydrogen-bond acceptors (Lipinski definition) is 2. The summed E-state index contributed by atoms with van der Waals surface area (Å²) in [5.41, 5.74) is 0.527. The first kappa shape index (κ1) is 14.4. The van der Waals surface area contributed by atoms with E-state index in [0.717, 1.165) is 25.6 Å². The molecule has 2 nitrogen and oxygen atoms in total. The van der Waals surface area contributed by atoms with Crippen LogP contribution in [-0.2, 0) is 6.54 Å². The minimum atomic E-state index is -0.522. The molecular formula is C15H22F2N2. The summed E-state index contributed by atoms with van der Waals surface area (Å²) in [4.78, 5) is 2.49. The van der Waals surface area contributed by atoms with Crippen molar-refractivity contribution in [1.29, 1.82) is 0 Å². The van der Waals surface area contributed by atoms with E-state index in [1.807, 2.05) is 0 Å². The third kappa shape index (κ3) is 4.88. The highest BCUT2D eigenvalue weighted by Crippen LogP contribution is 2.10. The lowest BCUT2D eigenvalue weighted by atomic mass is 10.1. The Labute approximate surface area is 113 Å². The maximum Gasteiger partial charge on any atom is 0.130 e. The largest absolute Gasteiger partial charge is 0.313 e. The average molecular weight is 268 g/mol. The fraction of sp³-hybridized carbons (Fsp3) is 0.600. The van der Waals surface area contributed by atoms with Gasteiger partial charge in [-0.15, -0.1) is 0 Å². The third-order valence-corrected chi connectivity index (χ3v) is 3.61. The SMILES string of the molecule is Fc1ccc(CNCCCN2CCCCC2)c(F)c1. The van der Waals surface area contributed by atoms with Crippen molar-refractivity contribution in [3.05, 3.63) is 35.4 Å². The average Bonchev–Trinajstić information content (AvgIpc) is 2.42. The van der Waals surface area contributed by atoms with Gasteiger partial charge in [-0.05, 0) is 51.5 Å². The van der Waals surface area contributed by atoms with Gasteiger partial charge in [0.05, 0.1) is 0 Å². The van der Waals surface area contributed by atoms with E-state index in [9.17, 15) is 8.78 Å². The Balaban J connectivity index is 1.61. The van der Waals surface area contributed by atoms with E-state index in [1.54, 1.807) is 0 Å². The smallest absolute Gasteiger partial charge is 0.130 e. The maximum atomic E-state index is 13.4. The molecule has 4 heteroatoms. The van der Waals surface area contributed by atoms with Crippen molar-refractivity contribution < 1.29 is 8.78 Å². The second kappa shape index (κ2) is 7.56. The molecule has 1 fully saturated rings. The second-order valence-electron chi connectivity index (χ2n) is 5.17. The van der Waals surface area contributed by atoms with E-state index in [1.165, 1.54) is 44.5 Å². The van der Waals surface area contributed by atoms with E-state index in [0.29, 0.717) is 12.1 Å². The number of nitrogens with zero attached hydrogens (tertiary/aromatic N) is 1. The summed E-state index contributed by atoms with van der Waals surface area (Å²) < 4.78 is 26.1. The molecule has 1 saturated heterocycles. The highest BCUT2D eigenvalue weighted by atomic mass is 19.1. The zero-order chi connectivity index (χ0) is 13.5. The van der Waals surface area contributed by atoms with Gasteiger partial charge in [-0.3, -0.25) is 0 Å². The van der Waals surface area contributed by atoms with Gasteiger partial charge in [-0.2, -0.15) is 0 Å². The summed E-state index contributed by atoms with van der Waals surface area (Å²) in [6, 6.07) is 3.74. The van der Waals surface area contributed by atoms with Crippen LogP contribution in [0.1, 0.15) is 31.2 Å². The highest BCUT2D eigenvalue weighted by molar-refractivity contribution is 5.18. The molecule has 1 aromatic rings. The molecule has 1 aliphatic heterocycles. The summed E-state index contributed by atoms with van der Waals surface area (Å²) >= 11 is 0. The minimum Gasteiger partial charge on any atom is -0.313 e. The van der Waals surface area contributed by atoms with Gasteiger partial charge in [0.2, 0.25) is 0 Å². The number of rotatable bonds is 6. The lowest BCUT2D eigenvalue weighted by Gasteiger charge is -2.26. The fourth-order valence-corrected chi connectivity index (χ4v) is 2.50. The van der Waals surface area contributed by atoms with Crippen molar-refractivity contribution in [2.45, 2.75) is 32.2 Å². The van der Waals surface area contributed by atoms with E-state index in [-0.39, 0.29) is 0 Å². The Morgan fingerprint density at radius 3 is 2.63 bits per heavy atom. The third-order valence-electron chi connectivity index (χ3n) is 3.61. The van der Waals surface area contributed by atoms with Crippen LogP contribution >= 0.6 is 0 Å². The van der Waals surface area contributed by atoms with E-state index in [2.05, 4.69) is 10.2 Å². The van der Waals surface area contributed by atoms with Crippen molar-refractivity contribution in [2.24, 2.45) is 0 Å². The Kier molecular flexibility index (Phi) is 5.73. The molecule has 0 saturated carbocycles. The Hall–Kier alpha value is -1.00. The highest BCUT2D eigenvalue weighted by Gasteiger charge is 2.09. The molecule has 0 spiro atoms. The number of benzene rings is 1. The van der Waals surface area contributed by atoms with Crippen LogP contribution in [0.2, 0.25) is 0 Å². The Morgan fingerprint density at radius 1 is 1.11 bits per heavy atom. The summed E-state index contributed by atoms with van der Waals surface area (Å²) in [5, 5.41) is 3.21. The van der Waals surface area contributed by atoms with E-state index >= 15 is 0 Å². The van der Waals surface area contributed by atoms with Crippen LogP contribution in [0.15, 0.2) is 18.2 Å². The first-order valence-corrected chi connectivity index (χ1v) is 7.13. The van der Waals surface area contributed by atoms with Crippen LogP contribution in [0.25, 0.3) is 0 Å². The molecule has 1 heterocycles. The maximum absolute atomic E-state index is 13.4. The van der Waals surface area contributed by atoms with Crippen molar-refractivity contribution in [1.82, 2.24) is 10.2 Å². The molecule has 0 amide bonds. The van der Waals surface area contributed by atoms with Crippen LogP contribution in [0.4, 0.5) is 8.78 Å². The van der Waals surface area contributed by atoms with Gasteiger partial charge in [0.1, 0.15) is 11.6 Å². The summed E-state index contributed by atoms with van der Waals surface area (Å²) in [5.74, 6) is -0.991. The molecule has 0 aliphatic carbocycles. The quantitative estimate of drug-likeness (QED) is 0.798. The van der Waals surface area contributed by atoms with Gasteiger partial charge in [-0.25, -0.2) is 8.78 Å². The number of nitrogens with one attached hydrogen (secondary N) is 1. The molecule has 19 heavy (non-hydrogen) atoms. The summed E-state index contributed by atoms with van der Waals surface area (Å²) in [6.45, 7) is 4.87. The molecule has 0 unspecified atom stereocenters. The summed E-state index contributed by atoms with van der Waals surface area (Å²) in [6.07, 6.45) is 5.06. The predicted molar refractivity (Wildman–Crippen MR) is 73.0 cm³/mol. The second-order valence-corrected chi connectivity index (χ2v) is 5.17. The topological polar surface area (TPSA) is 15.3 Å². The molecule has 1 aliphatic rings. The van der Waals surface area contributed by atoms with Gasteiger partial charge in [-0.1, -0.05) is 12.5 Å². The van der Waals surface area contributed by atoms with Crippen LogP contribution in [0.5, 0.6) is 0 Å². The molecule has 0 atom stereocenters. The van der Waals surface area contributed by atoms with Crippen molar-refractivity contribution in [3.63, 3.8) is 0 Å². The number of hydrogen-bond donors (Lipinski definition) is 1. The molecular weight excluding hydrogens is 246 g/mol. The normalized spacial score (nSPS) is 16.7. The van der Waals surface area contributed by atoms with Crippen LogP contribution in [0.3, 0.4) is 0 Å². The standard InChI is InChI=1S/C15H22F2N2/c16-14-6-5-13(15(17)11-14)12-18-7-4-10-19-8-2-1-3-9-19/h5-6,11,18H,1-4,7-10,12H2. The molecule has 0 aromatic heterocycles. The van der Waals surface area contributed by atoms with Crippen molar-refractivity contribution in [2.75, 3.05) is 26.2 Å². The first-order chi connectivity index (χ1) is 9.25. The van der Waals surface area contributed by atoms with Crippen molar-refractivity contribution in [3.8, 4) is 0 Å². The van der Waals surface area contributed by atoms with E-state index in [4.69, 9.17) is 0 Å². The van der Waals surface area contributed by atoms with E-state index < -0.39 is 11.6 Å². The zero-order valence-corrected chi connectivity index (χ0v) is 11.3. The van der Waals surface area contributed by atoms with Gasteiger partial charge in [0.15, 0.2) is 0 Å². The fourth-order valence-electron chi connectivity index (χ4n) is 2.50. The lowest BCUT2D eigenvalue weighted by Crippen LogP contribution is -2.32. The van der Waals surface area contributed by atoms with Gasteiger partial charge in [0, 0.05) is 18.2 Å². The number of halogens is 2. The Bertz CT molecular complexity index is 390. The van der Waals surface area contributed by atoms with Gasteiger partial charge >= 0.3 is 0 Å². The molecule has 2 rings (SSSR count). The number of likely N-dealkylation sites (tertiary alicyclic amines) is 1. The van der Waals surface area contributed by atoms with Crippen LogP contribution in [-0.4, -0.2) is 31.1 Å². The summed E-state index contributed by atoms with van der Waals surface area (Å²) in [7, 11) is 0. The number of piperidine rings is 1. The van der Waals surface area contributed by atoms with Gasteiger partial charge in [0.25, 0.3) is 0 Å². The van der Waals surface area contributed by atoms with Crippen LogP contribution in [0, 0.1) is 11.6 Å². The monoisotopic (exact) mass is 268 g/mol. The molecule has 0 radical (unpaired) electrons. The molecule has 106 valence electrons. The minimum absolute atomic E-state index is 0.464. The first-order valence-electron chi connectivity index (χ1n) is 7.13. The van der Waals surface area contributed by atoms with Crippen molar-refractivity contribution >= 4 is 0 Å². The lowest BCUT2D eigenvalue weighted by molar-refractivity contribution is 0.225.